The van der Waals surface area contributed by atoms with Crippen molar-refractivity contribution in [3.05, 3.63) is 64.6 Å². The molecule has 0 fully saturated rings. The van der Waals surface area contributed by atoms with Crippen molar-refractivity contribution in [2.24, 2.45) is 12.8 Å². The summed E-state index contributed by atoms with van der Waals surface area (Å²) < 4.78 is 2.57. The predicted octanol–water partition coefficient (Wildman–Crippen LogP) is 2.44. The number of pyridine rings is 1. The van der Waals surface area contributed by atoms with Crippen molar-refractivity contribution in [3.63, 3.8) is 0 Å². The maximum atomic E-state index is 11.0. The zero-order valence-electron chi connectivity index (χ0n) is 17.2. The molecule has 0 unspecified atom stereocenters. The number of aryl methyl sites for hydroxylation is 1. The maximum absolute atomic E-state index is 11.0. The van der Waals surface area contributed by atoms with Crippen LogP contribution in [0.25, 0.3) is 10.3 Å². The number of nitrogens with two attached hydrogens (primary N) is 2. The quantitative estimate of drug-likeness (QED) is 0.249. The Morgan fingerprint density at radius 2 is 2.17 bits per heavy atom. The number of rotatable bonds is 8. The number of carbonyl (C=O) groups is 1. The minimum absolute atomic E-state index is 0.482. The van der Waals surface area contributed by atoms with Crippen LogP contribution in [0, 0.1) is 5.41 Å². The third kappa shape index (κ3) is 5.62. The van der Waals surface area contributed by atoms with Crippen molar-refractivity contribution in [2.45, 2.75) is 12.8 Å². The lowest BCUT2D eigenvalue weighted by atomic mass is 10.2. The van der Waals surface area contributed by atoms with Crippen LogP contribution in [-0.2, 0) is 19.9 Å². The number of thiazole rings is 1. The molecule has 0 aliphatic heterocycles. The Morgan fingerprint density at radius 3 is 2.77 bits per heavy atom. The molecule has 0 saturated heterocycles. The topological polar surface area (TPSA) is 136 Å². The van der Waals surface area contributed by atoms with Crippen molar-refractivity contribution in [1.29, 1.82) is 5.41 Å². The molecule has 0 aliphatic rings. The monoisotopic (exact) mass is 425 g/mol. The molecule has 158 valence electrons. The highest BCUT2D eigenvalue weighted by molar-refractivity contribution is 7.19. The van der Waals surface area contributed by atoms with Crippen LogP contribution in [0.15, 0.2) is 42.6 Å². The summed E-state index contributed by atoms with van der Waals surface area (Å²) >= 11 is 1.48. The molecule has 0 amide bonds. The first kappa shape index (κ1) is 23.0. The molecular formula is C21H27N7OS. The van der Waals surface area contributed by atoms with Crippen molar-refractivity contribution < 1.29 is 4.79 Å². The largest absolute Gasteiger partial charge is 0.405 e. The maximum Gasteiger partial charge on any atom is 0.167 e. The lowest BCUT2D eigenvalue weighted by Gasteiger charge is -1.99. The van der Waals surface area contributed by atoms with E-state index in [9.17, 15) is 4.79 Å². The first-order valence-electron chi connectivity index (χ1n) is 9.30. The first-order valence-corrected chi connectivity index (χ1v) is 10.1. The Labute approximate surface area is 179 Å². The minimum Gasteiger partial charge on any atom is -0.405 e. The van der Waals surface area contributed by atoms with E-state index in [0.29, 0.717) is 23.5 Å². The molecule has 0 aromatic carbocycles. The number of likely N-dealkylation sites (N-methyl/N-ethyl adjacent to an activating group) is 1. The molecule has 3 heterocycles. The molecule has 0 saturated carbocycles. The highest BCUT2D eigenvalue weighted by Gasteiger charge is 2.17. The van der Waals surface area contributed by atoms with Gasteiger partial charge in [0.2, 0.25) is 0 Å². The summed E-state index contributed by atoms with van der Waals surface area (Å²) in [5, 5.41) is 11.4. The summed E-state index contributed by atoms with van der Waals surface area (Å²) in [5.74, 6) is 0.596. The van der Waals surface area contributed by atoms with Crippen LogP contribution in [0.5, 0.6) is 0 Å². The molecule has 8 nitrogen and oxygen atoms in total. The highest BCUT2D eigenvalue weighted by Crippen LogP contribution is 2.29. The van der Waals surface area contributed by atoms with E-state index in [0.717, 1.165) is 45.9 Å². The molecule has 0 atom stereocenters. The number of nitrogens with zero attached hydrogens (tertiary/aromatic N) is 3. The Kier molecular flexibility index (Phi) is 8.45. The smallest absolute Gasteiger partial charge is 0.167 e. The molecule has 0 spiro atoms. The van der Waals surface area contributed by atoms with E-state index in [1.807, 2.05) is 19.2 Å². The fourth-order valence-electron chi connectivity index (χ4n) is 2.81. The molecule has 0 aliphatic carbocycles. The molecule has 0 bridgehead atoms. The molecule has 3 aromatic rings. The van der Waals surface area contributed by atoms with Gasteiger partial charge < -0.3 is 26.8 Å². The average Bonchev–Trinajstić information content (AvgIpc) is 3.23. The number of carbonyl (C=O) groups excluding carboxylic acids is 1. The van der Waals surface area contributed by atoms with Gasteiger partial charge in [-0.05, 0) is 37.0 Å². The minimum atomic E-state index is 0.482. The molecule has 3 rings (SSSR count). The third-order valence-corrected chi connectivity index (χ3v) is 5.36. The van der Waals surface area contributed by atoms with Crippen LogP contribution >= 0.6 is 11.3 Å². The molecule has 3 aromatic heterocycles. The Hall–Kier alpha value is -3.30. The number of hydrogen-bond donors (Lipinski definition) is 4. The lowest BCUT2D eigenvalue weighted by molar-refractivity contribution is 0.111. The van der Waals surface area contributed by atoms with Gasteiger partial charge >= 0.3 is 0 Å². The molecule has 6 N–H and O–H groups in total. The molecular weight excluding hydrogens is 398 g/mol. The van der Waals surface area contributed by atoms with Gasteiger partial charge in [-0.25, -0.2) is 9.97 Å². The Bertz CT molecular complexity index is 1060. The van der Waals surface area contributed by atoms with E-state index in [4.69, 9.17) is 16.9 Å². The normalized spacial score (nSPS) is 10.7. The van der Waals surface area contributed by atoms with Crippen LogP contribution in [0.2, 0.25) is 0 Å². The molecule has 9 heteroatoms. The van der Waals surface area contributed by atoms with E-state index in [1.165, 1.54) is 23.8 Å². The van der Waals surface area contributed by atoms with Gasteiger partial charge in [-0.3, -0.25) is 4.79 Å². The summed E-state index contributed by atoms with van der Waals surface area (Å²) in [6.07, 6.45) is 6.68. The highest BCUT2D eigenvalue weighted by atomic mass is 32.1. The number of nitrogen functional groups attached to an aromatic ring is 1. The van der Waals surface area contributed by atoms with Crippen LogP contribution in [-0.4, -0.2) is 40.6 Å². The number of nitrogens with one attached hydrogen (secondary N) is 2. The van der Waals surface area contributed by atoms with Crippen molar-refractivity contribution >= 4 is 40.0 Å². The summed E-state index contributed by atoms with van der Waals surface area (Å²) in [6, 6.07) is 5.70. The second-order valence-corrected chi connectivity index (χ2v) is 7.57. The van der Waals surface area contributed by atoms with E-state index in [1.54, 1.807) is 23.8 Å². The van der Waals surface area contributed by atoms with Gasteiger partial charge in [0.05, 0.1) is 10.4 Å². The second-order valence-electron chi connectivity index (χ2n) is 6.48. The van der Waals surface area contributed by atoms with E-state index in [-0.39, 0.29) is 0 Å². The summed E-state index contributed by atoms with van der Waals surface area (Å²) in [5.41, 5.74) is 14.6. The van der Waals surface area contributed by atoms with E-state index >= 15 is 0 Å². The SMILES string of the molecule is C=C(/C=C\N)Cc1nc2c(s1)c(C=N)c(C=O)n2C.CNCCc1cccc(N)n1. The van der Waals surface area contributed by atoms with Gasteiger partial charge in [0.25, 0.3) is 0 Å². The number of allylic oxidation sites excluding steroid dienone is 2. The average molecular weight is 426 g/mol. The summed E-state index contributed by atoms with van der Waals surface area (Å²) in [7, 11) is 3.70. The van der Waals surface area contributed by atoms with E-state index < -0.39 is 0 Å². The zero-order valence-corrected chi connectivity index (χ0v) is 18.0. The van der Waals surface area contributed by atoms with Crippen LogP contribution < -0.4 is 16.8 Å². The number of fused-ring (bicyclic) bond motifs is 1. The number of hydrogen-bond acceptors (Lipinski definition) is 8. The molecule has 30 heavy (non-hydrogen) atoms. The van der Waals surface area contributed by atoms with Gasteiger partial charge in [-0.2, -0.15) is 0 Å². The van der Waals surface area contributed by atoms with Gasteiger partial charge in [-0.15, -0.1) is 11.3 Å². The standard InChI is InChI=1S/C13H14N4OS.C8H13N3/c1-8(3-4-14)5-11-16-13-12(19-11)9(6-15)10(7-18)17(13)2;1-10-6-5-7-3-2-4-8(9)11-7/h3-4,6-7,15H,1,5,14H2,2H3;2-4,10H,5-6H2,1H3,(H2,9,11)/b4-3-,15-6?;. The predicted molar refractivity (Wildman–Crippen MR) is 124 cm³/mol. The molecule has 0 radical (unpaired) electrons. The van der Waals surface area contributed by atoms with Crippen molar-refractivity contribution in [2.75, 3.05) is 19.3 Å². The van der Waals surface area contributed by atoms with Crippen LogP contribution in [0.3, 0.4) is 0 Å². The fraction of sp³-hybridized carbons (Fsp3) is 0.238. The van der Waals surface area contributed by atoms with Gasteiger partial charge in [0, 0.05) is 43.9 Å². The first-order chi connectivity index (χ1) is 14.4. The van der Waals surface area contributed by atoms with Gasteiger partial charge in [0.1, 0.15) is 10.8 Å². The van der Waals surface area contributed by atoms with Crippen LogP contribution in [0.1, 0.15) is 26.8 Å². The Balaban J connectivity index is 0.000000248. The summed E-state index contributed by atoms with van der Waals surface area (Å²) in [4.78, 5) is 19.7. The Morgan fingerprint density at radius 1 is 1.40 bits per heavy atom. The van der Waals surface area contributed by atoms with Crippen molar-refractivity contribution in [1.82, 2.24) is 19.9 Å². The second kappa shape index (κ2) is 11.0. The third-order valence-electron chi connectivity index (χ3n) is 4.28. The van der Waals surface area contributed by atoms with Gasteiger partial charge in [-0.1, -0.05) is 12.6 Å². The summed E-state index contributed by atoms with van der Waals surface area (Å²) in [6.45, 7) is 4.83. The lowest BCUT2D eigenvalue weighted by Crippen LogP contribution is -2.11. The van der Waals surface area contributed by atoms with E-state index in [2.05, 4.69) is 21.9 Å². The van der Waals surface area contributed by atoms with Crippen molar-refractivity contribution in [3.8, 4) is 0 Å². The zero-order chi connectivity index (χ0) is 22.1. The number of anilines is 1. The number of aromatic nitrogens is 3. The van der Waals surface area contributed by atoms with Gasteiger partial charge in [0.15, 0.2) is 11.9 Å². The fourth-order valence-corrected chi connectivity index (χ4v) is 3.98. The van der Waals surface area contributed by atoms with Crippen LogP contribution in [0.4, 0.5) is 5.82 Å². The number of aldehydes is 1.